The van der Waals surface area contributed by atoms with Gasteiger partial charge < -0.3 is 5.32 Å². The Kier molecular flexibility index (Phi) is 7.55. The number of rotatable bonds is 9. The molecule has 2 aromatic carbocycles. The Morgan fingerprint density at radius 3 is 2.37 bits per heavy atom. The Morgan fingerprint density at radius 2 is 1.80 bits per heavy atom. The summed E-state index contributed by atoms with van der Waals surface area (Å²) in [6.07, 6.45) is 1.46. The summed E-state index contributed by atoms with van der Waals surface area (Å²) < 4.78 is 25.7. The van der Waals surface area contributed by atoms with E-state index in [1.807, 2.05) is 38.1 Å². The molecule has 162 valence electrons. The zero-order chi connectivity index (χ0) is 22.5. The summed E-state index contributed by atoms with van der Waals surface area (Å²) in [5, 5.41) is 14.0. The average molecular weight is 434 g/mol. The topological polar surface area (TPSA) is 110 Å². The van der Waals surface area contributed by atoms with Gasteiger partial charge in [-0.3, -0.25) is 19.2 Å². The molecule has 0 spiro atoms. The van der Waals surface area contributed by atoms with Gasteiger partial charge in [-0.05, 0) is 38.3 Å². The number of carbonyl (C=O) groups is 1. The largest absolute Gasteiger partial charge is 0.350 e. The van der Waals surface area contributed by atoms with Crippen LogP contribution in [-0.4, -0.2) is 32.0 Å². The smallest absolute Gasteiger partial charge is 0.271 e. The maximum atomic E-state index is 12.3. The van der Waals surface area contributed by atoms with E-state index < -0.39 is 14.9 Å². The molecule has 0 aliphatic heterocycles. The Labute approximate surface area is 177 Å². The second-order valence-corrected chi connectivity index (χ2v) is 9.27. The van der Waals surface area contributed by atoms with Crippen LogP contribution in [0, 0.1) is 24.0 Å². The molecule has 0 saturated carbocycles. The van der Waals surface area contributed by atoms with Crippen LogP contribution < -0.4 is 9.62 Å². The van der Waals surface area contributed by atoms with Crippen molar-refractivity contribution in [2.75, 3.05) is 17.1 Å². The van der Waals surface area contributed by atoms with E-state index in [0.29, 0.717) is 5.56 Å². The highest BCUT2D eigenvalue weighted by molar-refractivity contribution is 7.92. The second kappa shape index (κ2) is 9.71. The van der Waals surface area contributed by atoms with Gasteiger partial charge >= 0.3 is 0 Å². The number of non-ortho nitro benzene ring substituents is 1. The maximum Gasteiger partial charge on any atom is 0.271 e. The molecule has 1 amide bonds. The number of nitrogens with zero attached hydrogens (tertiary/aromatic N) is 2. The van der Waals surface area contributed by atoms with E-state index in [2.05, 4.69) is 5.32 Å². The Bertz CT molecular complexity index is 1020. The van der Waals surface area contributed by atoms with Crippen LogP contribution in [0.4, 0.5) is 11.4 Å². The molecule has 0 aliphatic carbocycles. The first-order valence-corrected chi connectivity index (χ1v) is 11.4. The van der Waals surface area contributed by atoms with Crippen molar-refractivity contribution in [3.8, 4) is 0 Å². The first kappa shape index (κ1) is 23.3. The van der Waals surface area contributed by atoms with Crippen molar-refractivity contribution in [3.05, 3.63) is 69.3 Å². The molecule has 2 aromatic rings. The van der Waals surface area contributed by atoms with E-state index in [1.165, 1.54) is 18.2 Å². The third-order valence-corrected chi connectivity index (χ3v) is 5.97. The zero-order valence-electron chi connectivity index (χ0n) is 17.6. The number of hydrogen-bond acceptors (Lipinski definition) is 5. The first-order chi connectivity index (χ1) is 14.0. The molecular formula is C21H27N3O5S. The number of nitrogens with one attached hydrogen (secondary N) is 1. The standard InChI is InChI=1S/C21H27N3O5S/c1-15-7-10-18(11-8-15)17(3)22-21(25)6-5-13-23(30(4,28)29)20-14-19(24(26)27)12-9-16(20)2/h7-12,14,17H,5-6,13H2,1-4H3,(H,22,25). The van der Waals surface area contributed by atoms with Gasteiger partial charge in [0.05, 0.1) is 22.9 Å². The highest BCUT2D eigenvalue weighted by Gasteiger charge is 2.22. The lowest BCUT2D eigenvalue weighted by atomic mass is 10.1. The van der Waals surface area contributed by atoms with E-state index in [0.717, 1.165) is 21.7 Å². The minimum absolute atomic E-state index is 0.0488. The SMILES string of the molecule is Cc1ccc(C(C)NC(=O)CCCN(c2cc([N+](=O)[O-])ccc2C)S(C)(=O)=O)cc1. The minimum atomic E-state index is -3.67. The normalized spacial score (nSPS) is 12.3. The van der Waals surface area contributed by atoms with Crippen molar-refractivity contribution < 1.29 is 18.1 Å². The predicted molar refractivity (Wildman–Crippen MR) is 117 cm³/mol. The molecular weight excluding hydrogens is 406 g/mol. The fourth-order valence-electron chi connectivity index (χ4n) is 3.08. The lowest BCUT2D eigenvalue weighted by Gasteiger charge is -2.24. The quantitative estimate of drug-likeness (QED) is 0.480. The Balaban J connectivity index is 2.04. The third kappa shape index (κ3) is 6.28. The number of hydrogen-bond donors (Lipinski definition) is 1. The van der Waals surface area contributed by atoms with Gasteiger partial charge in [0.2, 0.25) is 15.9 Å². The number of nitro benzene ring substituents is 1. The molecule has 30 heavy (non-hydrogen) atoms. The minimum Gasteiger partial charge on any atom is -0.350 e. The van der Waals surface area contributed by atoms with E-state index in [1.54, 1.807) is 6.92 Å². The van der Waals surface area contributed by atoms with Gasteiger partial charge in [0.1, 0.15) is 0 Å². The lowest BCUT2D eigenvalue weighted by molar-refractivity contribution is -0.384. The van der Waals surface area contributed by atoms with Gasteiger partial charge in [-0.1, -0.05) is 35.9 Å². The molecule has 0 aliphatic rings. The molecule has 0 fully saturated rings. The summed E-state index contributed by atoms with van der Waals surface area (Å²) in [7, 11) is -3.67. The summed E-state index contributed by atoms with van der Waals surface area (Å²) in [5.41, 5.74) is 2.78. The number of carbonyl (C=O) groups excluding carboxylic acids is 1. The highest BCUT2D eigenvalue weighted by atomic mass is 32.2. The molecule has 0 aromatic heterocycles. The van der Waals surface area contributed by atoms with E-state index in [-0.39, 0.29) is 42.7 Å². The first-order valence-electron chi connectivity index (χ1n) is 9.57. The number of benzene rings is 2. The molecule has 0 heterocycles. The van der Waals surface area contributed by atoms with E-state index in [9.17, 15) is 23.3 Å². The summed E-state index contributed by atoms with van der Waals surface area (Å²) in [6.45, 7) is 5.61. The van der Waals surface area contributed by atoms with Crippen LogP contribution in [0.3, 0.4) is 0 Å². The third-order valence-electron chi connectivity index (χ3n) is 4.79. The molecule has 0 bridgehead atoms. The number of aryl methyl sites for hydroxylation is 2. The van der Waals surface area contributed by atoms with Crippen LogP contribution in [0.2, 0.25) is 0 Å². The highest BCUT2D eigenvalue weighted by Crippen LogP contribution is 2.27. The van der Waals surface area contributed by atoms with Crippen molar-refractivity contribution in [1.82, 2.24) is 5.32 Å². The predicted octanol–water partition coefficient (Wildman–Crippen LogP) is 3.64. The average Bonchev–Trinajstić information content (AvgIpc) is 2.65. The number of anilines is 1. The van der Waals surface area contributed by atoms with Crippen molar-refractivity contribution >= 4 is 27.3 Å². The maximum absolute atomic E-state index is 12.3. The van der Waals surface area contributed by atoms with Gasteiger partial charge in [0.25, 0.3) is 5.69 Å². The van der Waals surface area contributed by atoms with Crippen LogP contribution >= 0.6 is 0 Å². The molecule has 2 rings (SSSR count). The molecule has 1 atom stereocenters. The fraction of sp³-hybridized carbons (Fsp3) is 0.381. The van der Waals surface area contributed by atoms with Crippen molar-refractivity contribution in [2.24, 2.45) is 0 Å². The summed E-state index contributed by atoms with van der Waals surface area (Å²) in [5.74, 6) is -0.188. The van der Waals surface area contributed by atoms with Crippen molar-refractivity contribution in [2.45, 2.75) is 39.7 Å². The van der Waals surface area contributed by atoms with Crippen LogP contribution in [-0.2, 0) is 14.8 Å². The molecule has 0 saturated heterocycles. The number of nitro groups is 1. The van der Waals surface area contributed by atoms with E-state index >= 15 is 0 Å². The lowest BCUT2D eigenvalue weighted by Crippen LogP contribution is -2.33. The van der Waals surface area contributed by atoms with Gasteiger partial charge in [0, 0.05) is 25.1 Å². The summed E-state index contributed by atoms with van der Waals surface area (Å²) in [4.78, 5) is 22.8. The summed E-state index contributed by atoms with van der Waals surface area (Å²) >= 11 is 0. The second-order valence-electron chi connectivity index (χ2n) is 7.37. The van der Waals surface area contributed by atoms with Crippen LogP contribution in [0.25, 0.3) is 0 Å². The zero-order valence-corrected chi connectivity index (χ0v) is 18.4. The molecule has 8 nitrogen and oxygen atoms in total. The summed E-state index contributed by atoms with van der Waals surface area (Å²) in [6, 6.07) is 11.8. The van der Waals surface area contributed by atoms with E-state index in [4.69, 9.17) is 0 Å². The number of amides is 1. The fourth-order valence-corrected chi connectivity index (χ4v) is 4.10. The van der Waals surface area contributed by atoms with Crippen molar-refractivity contribution in [3.63, 3.8) is 0 Å². The monoisotopic (exact) mass is 433 g/mol. The van der Waals surface area contributed by atoms with Crippen LogP contribution in [0.1, 0.15) is 42.5 Å². The Hall–Kier alpha value is -2.94. The van der Waals surface area contributed by atoms with Gasteiger partial charge in [0.15, 0.2) is 0 Å². The van der Waals surface area contributed by atoms with Crippen molar-refractivity contribution in [1.29, 1.82) is 0 Å². The van der Waals surface area contributed by atoms with Gasteiger partial charge in [-0.15, -0.1) is 0 Å². The van der Waals surface area contributed by atoms with Crippen LogP contribution in [0.15, 0.2) is 42.5 Å². The van der Waals surface area contributed by atoms with Gasteiger partial charge in [-0.2, -0.15) is 0 Å². The number of sulfonamides is 1. The molecule has 1 N–H and O–H groups in total. The molecule has 1 unspecified atom stereocenters. The molecule has 9 heteroatoms. The van der Waals surface area contributed by atoms with Gasteiger partial charge in [-0.25, -0.2) is 8.42 Å². The Morgan fingerprint density at radius 1 is 1.17 bits per heavy atom. The van der Waals surface area contributed by atoms with Crippen LogP contribution in [0.5, 0.6) is 0 Å². The molecule has 0 radical (unpaired) electrons.